The maximum absolute atomic E-state index is 12.7. The molecule has 0 radical (unpaired) electrons. The van der Waals surface area contributed by atoms with E-state index in [1.54, 1.807) is 6.07 Å². The third-order valence-electron chi connectivity index (χ3n) is 5.88. The Morgan fingerprint density at radius 1 is 1.23 bits per heavy atom. The predicted molar refractivity (Wildman–Crippen MR) is 118 cm³/mol. The van der Waals surface area contributed by atoms with E-state index in [4.69, 9.17) is 19.0 Å². The molecule has 2 aromatic rings. The van der Waals surface area contributed by atoms with Crippen molar-refractivity contribution in [1.29, 1.82) is 0 Å². The van der Waals surface area contributed by atoms with Gasteiger partial charge in [0.15, 0.2) is 9.84 Å². The molecule has 31 heavy (non-hydrogen) atoms. The van der Waals surface area contributed by atoms with E-state index in [2.05, 4.69) is 6.92 Å². The van der Waals surface area contributed by atoms with Crippen LogP contribution in [0.15, 0.2) is 63.6 Å². The molecule has 1 saturated heterocycles. The molecule has 166 valence electrons. The lowest BCUT2D eigenvalue weighted by molar-refractivity contribution is 0.117. The Balaban J connectivity index is 1.47. The van der Waals surface area contributed by atoms with Crippen LogP contribution in [0.5, 0.6) is 5.75 Å². The molecule has 0 bridgehead atoms. The minimum atomic E-state index is -3.24. The SMILES string of the molecule is CC/C(=C\c1ccc(CO)o1)CC[C@H]1OC[C@H]2C1=C(COc1ccccc1)CS2(=O)=O. The molecule has 1 aromatic carbocycles. The first-order valence-electron chi connectivity index (χ1n) is 10.6. The van der Waals surface area contributed by atoms with Gasteiger partial charge in [-0.25, -0.2) is 8.42 Å². The highest BCUT2D eigenvalue weighted by Crippen LogP contribution is 2.39. The van der Waals surface area contributed by atoms with Crippen LogP contribution < -0.4 is 4.74 Å². The number of fused-ring (bicyclic) bond motifs is 1. The molecule has 2 aliphatic rings. The second-order valence-electron chi connectivity index (χ2n) is 7.94. The van der Waals surface area contributed by atoms with Gasteiger partial charge in [-0.2, -0.15) is 0 Å². The summed E-state index contributed by atoms with van der Waals surface area (Å²) in [6, 6.07) is 13.0. The second-order valence-corrected chi connectivity index (χ2v) is 10.1. The van der Waals surface area contributed by atoms with E-state index in [-0.39, 0.29) is 31.7 Å². The third kappa shape index (κ3) is 4.95. The van der Waals surface area contributed by atoms with Gasteiger partial charge in [-0.3, -0.25) is 0 Å². The Labute approximate surface area is 183 Å². The maximum atomic E-state index is 12.7. The zero-order chi connectivity index (χ0) is 21.8. The molecule has 0 aliphatic carbocycles. The summed E-state index contributed by atoms with van der Waals surface area (Å²) in [5.41, 5.74) is 2.92. The normalized spacial score (nSPS) is 22.7. The highest BCUT2D eigenvalue weighted by molar-refractivity contribution is 7.92. The van der Waals surface area contributed by atoms with E-state index in [9.17, 15) is 8.42 Å². The fourth-order valence-corrected chi connectivity index (χ4v) is 6.17. The van der Waals surface area contributed by atoms with Gasteiger partial charge in [0.25, 0.3) is 0 Å². The number of aliphatic hydroxyl groups is 1. The van der Waals surface area contributed by atoms with Gasteiger partial charge in [0.05, 0.1) is 18.5 Å². The minimum Gasteiger partial charge on any atom is -0.489 e. The Morgan fingerprint density at radius 2 is 2.03 bits per heavy atom. The first-order chi connectivity index (χ1) is 15.0. The molecule has 4 rings (SSSR count). The van der Waals surface area contributed by atoms with Crippen molar-refractivity contribution in [2.45, 2.75) is 44.1 Å². The average molecular weight is 445 g/mol. The summed E-state index contributed by atoms with van der Waals surface area (Å²) in [6.07, 6.45) is 4.12. The van der Waals surface area contributed by atoms with E-state index >= 15 is 0 Å². The molecule has 2 aliphatic heterocycles. The third-order valence-corrected chi connectivity index (χ3v) is 7.89. The van der Waals surface area contributed by atoms with Gasteiger partial charge < -0.3 is 19.0 Å². The molecule has 0 unspecified atom stereocenters. The first-order valence-corrected chi connectivity index (χ1v) is 12.3. The molecular weight excluding hydrogens is 416 g/mol. The summed E-state index contributed by atoms with van der Waals surface area (Å²) in [4.78, 5) is 0. The van der Waals surface area contributed by atoms with Crippen LogP contribution in [0.3, 0.4) is 0 Å². The Morgan fingerprint density at radius 3 is 2.74 bits per heavy atom. The number of hydrogen-bond acceptors (Lipinski definition) is 6. The van der Waals surface area contributed by atoms with Gasteiger partial charge in [-0.15, -0.1) is 0 Å². The van der Waals surface area contributed by atoms with Crippen molar-refractivity contribution in [1.82, 2.24) is 0 Å². The van der Waals surface area contributed by atoms with E-state index in [0.717, 1.165) is 29.7 Å². The lowest BCUT2D eigenvalue weighted by atomic mass is 9.96. The molecule has 1 aromatic heterocycles. The highest BCUT2D eigenvalue weighted by atomic mass is 32.2. The molecule has 6 nitrogen and oxygen atoms in total. The molecule has 1 N–H and O–H groups in total. The van der Waals surface area contributed by atoms with Crippen molar-refractivity contribution in [3.8, 4) is 5.75 Å². The number of para-hydroxylation sites is 1. The van der Waals surface area contributed by atoms with Crippen LogP contribution in [0, 0.1) is 0 Å². The second kappa shape index (κ2) is 9.42. The van der Waals surface area contributed by atoms with Crippen molar-refractivity contribution in [2.24, 2.45) is 0 Å². The van der Waals surface area contributed by atoms with Gasteiger partial charge in [-0.1, -0.05) is 30.7 Å². The standard InChI is InChI=1S/C24H28O6S/c1-2-17(12-20-9-10-21(13-25)30-20)8-11-22-24-18(14-28-19-6-4-3-5-7-19)16-31(26,27)23(24)15-29-22/h3-7,9-10,12,22-23,25H,2,8,11,13-16H2,1H3/b17-12+/t22-,23+/m1/s1. The van der Waals surface area contributed by atoms with Crippen LogP contribution >= 0.6 is 0 Å². The van der Waals surface area contributed by atoms with Crippen LogP contribution in [-0.2, 0) is 21.2 Å². The van der Waals surface area contributed by atoms with Gasteiger partial charge >= 0.3 is 0 Å². The van der Waals surface area contributed by atoms with E-state index < -0.39 is 15.1 Å². The Hall–Kier alpha value is -2.35. The molecule has 0 saturated carbocycles. The summed E-state index contributed by atoms with van der Waals surface area (Å²) >= 11 is 0. The fourth-order valence-electron chi connectivity index (χ4n) is 4.25. The lowest BCUT2D eigenvalue weighted by Gasteiger charge is -2.15. The highest BCUT2D eigenvalue weighted by Gasteiger charge is 2.46. The van der Waals surface area contributed by atoms with Crippen LogP contribution in [-0.4, -0.2) is 43.8 Å². The number of hydrogen-bond donors (Lipinski definition) is 1. The van der Waals surface area contributed by atoms with E-state index in [0.29, 0.717) is 17.9 Å². The molecule has 2 atom stereocenters. The number of aliphatic hydroxyl groups excluding tert-OH is 1. The summed E-state index contributed by atoms with van der Waals surface area (Å²) in [6.45, 7) is 2.45. The lowest BCUT2D eigenvalue weighted by Crippen LogP contribution is -2.19. The van der Waals surface area contributed by atoms with Crippen LogP contribution in [0.1, 0.15) is 37.7 Å². The largest absolute Gasteiger partial charge is 0.489 e. The molecule has 1 fully saturated rings. The molecule has 0 amide bonds. The van der Waals surface area contributed by atoms with E-state index in [1.165, 1.54) is 5.57 Å². The molecule has 3 heterocycles. The van der Waals surface area contributed by atoms with Crippen LogP contribution in [0.25, 0.3) is 6.08 Å². The predicted octanol–water partition coefficient (Wildman–Crippen LogP) is 3.92. The van der Waals surface area contributed by atoms with E-state index in [1.807, 2.05) is 42.5 Å². The number of rotatable bonds is 9. The van der Waals surface area contributed by atoms with Crippen molar-refractivity contribution in [3.63, 3.8) is 0 Å². The number of allylic oxidation sites excluding steroid dienone is 1. The van der Waals surface area contributed by atoms with Gasteiger partial charge in [0.1, 0.15) is 35.7 Å². The maximum Gasteiger partial charge on any atom is 0.163 e. The zero-order valence-electron chi connectivity index (χ0n) is 17.6. The number of sulfone groups is 1. The Bertz CT molecular complexity index is 1060. The van der Waals surface area contributed by atoms with Crippen molar-refractivity contribution >= 4 is 15.9 Å². The molecule has 0 spiro atoms. The summed E-state index contributed by atoms with van der Waals surface area (Å²) < 4.78 is 42.7. The topological polar surface area (TPSA) is 86.0 Å². The van der Waals surface area contributed by atoms with Gasteiger partial charge in [0, 0.05) is 0 Å². The van der Waals surface area contributed by atoms with Crippen molar-refractivity contribution in [2.75, 3.05) is 19.0 Å². The minimum absolute atomic E-state index is 0.0481. The number of ether oxygens (including phenoxy) is 2. The first kappa shape index (κ1) is 21.9. The monoisotopic (exact) mass is 444 g/mol. The number of benzene rings is 1. The van der Waals surface area contributed by atoms with Crippen molar-refractivity contribution < 1.29 is 27.4 Å². The molecular formula is C24H28O6S. The summed E-state index contributed by atoms with van der Waals surface area (Å²) in [5, 5.41) is 8.62. The zero-order valence-corrected chi connectivity index (χ0v) is 18.4. The van der Waals surface area contributed by atoms with Crippen LogP contribution in [0.4, 0.5) is 0 Å². The fraction of sp³-hybridized carbons (Fsp3) is 0.417. The smallest absolute Gasteiger partial charge is 0.163 e. The Kier molecular flexibility index (Phi) is 6.65. The van der Waals surface area contributed by atoms with Gasteiger partial charge in [0.2, 0.25) is 0 Å². The van der Waals surface area contributed by atoms with Gasteiger partial charge in [-0.05, 0) is 60.8 Å². The average Bonchev–Trinajstić information content (AvgIpc) is 3.47. The van der Waals surface area contributed by atoms with Crippen molar-refractivity contribution in [3.05, 3.63) is 70.7 Å². The van der Waals surface area contributed by atoms with Crippen LogP contribution in [0.2, 0.25) is 0 Å². The summed E-state index contributed by atoms with van der Waals surface area (Å²) in [5.74, 6) is 2.02. The summed E-state index contributed by atoms with van der Waals surface area (Å²) in [7, 11) is -3.24. The molecule has 7 heteroatoms. The number of furan rings is 1. The quantitative estimate of drug-likeness (QED) is 0.590.